The lowest BCUT2D eigenvalue weighted by Crippen LogP contribution is -2.15. The molecule has 1 aromatic carbocycles. The second-order valence-corrected chi connectivity index (χ2v) is 6.25. The molecule has 7 nitrogen and oxygen atoms in total. The average molecular weight is 345 g/mol. The lowest BCUT2D eigenvalue weighted by molar-refractivity contribution is -0.00227. The second kappa shape index (κ2) is 6.35. The Bertz CT molecular complexity index is 849. The van der Waals surface area contributed by atoms with E-state index in [1.807, 2.05) is 24.3 Å². The highest BCUT2D eigenvalue weighted by atomic mass is 35.5. The summed E-state index contributed by atoms with van der Waals surface area (Å²) in [4.78, 5) is 8.40. The van der Waals surface area contributed by atoms with E-state index in [4.69, 9.17) is 22.2 Å². The van der Waals surface area contributed by atoms with Crippen LogP contribution in [0, 0.1) is 0 Å². The molecule has 0 radical (unpaired) electrons. The molecule has 3 aromatic rings. The summed E-state index contributed by atoms with van der Waals surface area (Å²) in [6, 6.07) is 7.88. The van der Waals surface area contributed by atoms with Crippen LogP contribution in [0.5, 0.6) is 0 Å². The van der Waals surface area contributed by atoms with Crippen LogP contribution in [-0.4, -0.2) is 25.9 Å². The van der Waals surface area contributed by atoms with E-state index in [0.717, 1.165) is 35.3 Å². The van der Waals surface area contributed by atoms with Crippen molar-refractivity contribution >= 4 is 28.5 Å². The number of nitrogen functional groups attached to an aromatic ring is 1. The molecular weight excluding hydrogens is 328 g/mol. The molecule has 0 spiro atoms. The molecule has 0 amide bonds. The van der Waals surface area contributed by atoms with Gasteiger partial charge >= 0.3 is 0 Å². The van der Waals surface area contributed by atoms with Crippen LogP contribution in [0.15, 0.2) is 36.8 Å². The van der Waals surface area contributed by atoms with Gasteiger partial charge in [-0.1, -0.05) is 23.7 Å². The van der Waals surface area contributed by atoms with Crippen molar-refractivity contribution < 1.29 is 4.74 Å². The normalized spacial score (nSPS) is 20.6. The number of benzene rings is 1. The molecule has 2 atom stereocenters. The van der Waals surface area contributed by atoms with E-state index in [0.29, 0.717) is 5.82 Å². The first-order valence-corrected chi connectivity index (χ1v) is 8.17. The number of ether oxygens (including phenoxy) is 1. The minimum atomic E-state index is -0.125. The van der Waals surface area contributed by atoms with Crippen LogP contribution >= 0.6 is 11.6 Å². The van der Waals surface area contributed by atoms with E-state index in [2.05, 4.69) is 20.5 Å². The van der Waals surface area contributed by atoms with Crippen LogP contribution in [-0.2, 0) is 11.2 Å². The Kier molecular flexibility index (Phi) is 4.05. The largest absolute Gasteiger partial charge is 0.353 e. The molecule has 124 valence electrons. The van der Waals surface area contributed by atoms with Crippen molar-refractivity contribution in [3.05, 3.63) is 47.4 Å². The van der Waals surface area contributed by atoms with Crippen LogP contribution < -0.4 is 11.3 Å². The molecule has 1 fully saturated rings. The maximum atomic E-state index is 6.18. The van der Waals surface area contributed by atoms with Crippen LogP contribution in [0.1, 0.15) is 24.6 Å². The Labute approximate surface area is 143 Å². The minimum Gasteiger partial charge on any atom is -0.353 e. The monoisotopic (exact) mass is 344 g/mol. The second-order valence-electron chi connectivity index (χ2n) is 5.81. The molecule has 3 heterocycles. The van der Waals surface area contributed by atoms with Gasteiger partial charge in [-0.05, 0) is 37.0 Å². The quantitative estimate of drug-likeness (QED) is 0.558. The minimum absolute atomic E-state index is 0.125. The molecule has 2 aromatic heterocycles. The lowest BCUT2D eigenvalue weighted by atomic mass is 10.1. The van der Waals surface area contributed by atoms with Crippen molar-refractivity contribution in [2.45, 2.75) is 31.6 Å². The molecule has 1 saturated heterocycles. The lowest BCUT2D eigenvalue weighted by Gasteiger charge is -2.15. The highest BCUT2D eigenvalue weighted by Crippen LogP contribution is 2.32. The molecule has 0 saturated carbocycles. The summed E-state index contributed by atoms with van der Waals surface area (Å²) >= 11 is 5.93. The fourth-order valence-electron chi connectivity index (χ4n) is 3.09. The number of nitrogens with zero attached hydrogens (tertiary/aromatic N) is 4. The Hall–Kier alpha value is -2.22. The van der Waals surface area contributed by atoms with Crippen molar-refractivity contribution in [1.82, 2.24) is 19.7 Å². The molecular formula is C16H17ClN6O. The Morgan fingerprint density at radius 1 is 1.25 bits per heavy atom. The fraction of sp³-hybridized carbons (Fsp3) is 0.312. The van der Waals surface area contributed by atoms with Crippen LogP contribution in [0.2, 0.25) is 5.02 Å². The number of nitrogens with two attached hydrogens (primary N) is 1. The molecule has 0 bridgehead atoms. The van der Waals surface area contributed by atoms with E-state index in [1.165, 1.54) is 11.9 Å². The maximum absolute atomic E-state index is 6.18. The number of anilines is 1. The molecule has 4 rings (SSSR count). The first-order chi connectivity index (χ1) is 11.7. The van der Waals surface area contributed by atoms with E-state index < -0.39 is 0 Å². The van der Waals surface area contributed by atoms with Crippen LogP contribution in [0.3, 0.4) is 0 Å². The van der Waals surface area contributed by atoms with Crippen molar-refractivity contribution in [3.8, 4) is 0 Å². The summed E-state index contributed by atoms with van der Waals surface area (Å²) in [6.07, 6.45) is 5.93. The average Bonchev–Trinajstić information content (AvgIpc) is 3.23. The van der Waals surface area contributed by atoms with Gasteiger partial charge in [0.1, 0.15) is 6.33 Å². The summed E-state index contributed by atoms with van der Waals surface area (Å²) in [7, 11) is 0. The van der Waals surface area contributed by atoms with Crippen molar-refractivity contribution in [2.24, 2.45) is 5.84 Å². The first-order valence-electron chi connectivity index (χ1n) is 7.79. The highest BCUT2D eigenvalue weighted by Gasteiger charge is 2.28. The predicted molar refractivity (Wildman–Crippen MR) is 91.4 cm³/mol. The molecule has 8 heteroatoms. The van der Waals surface area contributed by atoms with Crippen molar-refractivity contribution in [2.75, 3.05) is 5.43 Å². The summed E-state index contributed by atoms with van der Waals surface area (Å²) in [5, 5.41) is 5.94. The van der Waals surface area contributed by atoms with E-state index >= 15 is 0 Å². The first kappa shape index (κ1) is 15.3. The van der Waals surface area contributed by atoms with Crippen molar-refractivity contribution in [1.29, 1.82) is 0 Å². The van der Waals surface area contributed by atoms with E-state index in [9.17, 15) is 0 Å². The summed E-state index contributed by atoms with van der Waals surface area (Å²) in [5.41, 5.74) is 4.50. The number of hydrogen-bond acceptors (Lipinski definition) is 6. The maximum Gasteiger partial charge on any atom is 0.166 e. The number of nitrogens with one attached hydrogen (secondary N) is 1. The number of rotatable bonds is 4. The Morgan fingerprint density at radius 2 is 2.08 bits per heavy atom. The van der Waals surface area contributed by atoms with Gasteiger partial charge in [0.15, 0.2) is 17.7 Å². The van der Waals surface area contributed by atoms with Gasteiger partial charge in [0.2, 0.25) is 0 Å². The van der Waals surface area contributed by atoms with Gasteiger partial charge in [-0.3, -0.25) is 0 Å². The summed E-state index contributed by atoms with van der Waals surface area (Å²) in [6.45, 7) is 0. The number of hydrogen-bond donors (Lipinski definition) is 2. The zero-order valence-corrected chi connectivity index (χ0v) is 13.6. The smallest absolute Gasteiger partial charge is 0.166 e. The standard InChI is InChI=1S/C16H17ClN6O/c17-11-3-1-10(2-4-11)7-12-5-6-14(24-12)23-16-13(8-21-23)15(22-18)19-9-20-16/h1-4,8-9,12,14H,5-7,18H2,(H,19,20,22). The van der Waals surface area contributed by atoms with Gasteiger partial charge in [0, 0.05) is 5.02 Å². The van der Waals surface area contributed by atoms with Gasteiger partial charge in [-0.2, -0.15) is 5.10 Å². The molecule has 1 aliphatic heterocycles. The number of hydrazine groups is 1. The molecule has 2 unspecified atom stereocenters. The summed E-state index contributed by atoms with van der Waals surface area (Å²) < 4.78 is 7.98. The summed E-state index contributed by atoms with van der Waals surface area (Å²) in [5.74, 6) is 6.04. The Morgan fingerprint density at radius 3 is 2.88 bits per heavy atom. The van der Waals surface area contributed by atoms with Gasteiger partial charge in [-0.25, -0.2) is 20.5 Å². The van der Waals surface area contributed by atoms with Crippen molar-refractivity contribution in [3.63, 3.8) is 0 Å². The van der Waals surface area contributed by atoms with Gasteiger partial charge < -0.3 is 10.2 Å². The third-order valence-corrected chi connectivity index (χ3v) is 4.51. The third-order valence-electron chi connectivity index (χ3n) is 4.26. The highest BCUT2D eigenvalue weighted by molar-refractivity contribution is 6.30. The van der Waals surface area contributed by atoms with Gasteiger partial charge in [-0.15, -0.1) is 0 Å². The molecule has 0 aliphatic carbocycles. The van der Waals surface area contributed by atoms with Gasteiger partial charge in [0.05, 0.1) is 17.7 Å². The Balaban J connectivity index is 1.51. The topological polar surface area (TPSA) is 90.9 Å². The molecule has 1 aliphatic rings. The molecule has 3 N–H and O–H groups in total. The van der Waals surface area contributed by atoms with Crippen LogP contribution in [0.25, 0.3) is 11.0 Å². The number of fused-ring (bicyclic) bond motifs is 1. The zero-order valence-electron chi connectivity index (χ0n) is 12.9. The fourth-order valence-corrected chi connectivity index (χ4v) is 3.21. The van der Waals surface area contributed by atoms with Gasteiger partial charge in [0.25, 0.3) is 0 Å². The van der Waals surface area contributed by atoms with E-state index in [1.54, 1.807) is 10.9 Å². The zero-order chi connectivity index (χ0) is 16.5. The SMILES string of the molecule is NNc1ncnc2c1cnn2C1CCC(Cc2ccc(Cl)cc2)O1. The number of halogens is 1. The predicted octanol–water partition coefficient (Wildman–Crippen LogP) is 2.69. The van der Waals surface area contributed by atoms with Crippen LogP contribution in [0.4, 0.5) is 5.82 Å². The van der Waals surface area contributed by atoms with E-state index in [-0.39, 0.29) is 12.3 Å². The third kappa shape index (κ3) is 2.82. The molecule has 24 heavy (non-hydrogen) atoms. The number of aromatic nitrogens is 4.